The molecular weight excluding hydrogens is 260 g/mol. The Morgan fingerprint density at radius 2 is 1.89 bits per heavy atom. The minimum Gasteiger partial charge on any atom is -0.321 e. The van der Waals surface area contributed by atoms with Crippen LogP contribution in [0.4, 0.5) is 5.69 Å². The summed E-state index contributed by atoms with van der Waals surface area (Å²) in [6, 6.07) is 9.43. The highest BCUT2D eigenvalue weighted by Gasteiger charge is 2.09. The Kier molecular flexibility index (Phi) is 4.17. The number of benzene rings is 1. The summed E-state index contributed by atoms with van der Waals surface area (Å²) in [6.45, 7) is 4.22. The van der Waals surface area contributed by atoms with Crippen LogP contribution in [0.1, 0.15) is 11.1 Å². The van der Waals surface area contributed by atoms with E-state index >= 15 is 0 Å². The molecule has 98 valence electrons. The van der Waals surface area contributed by atoms with Gasteiger partial charge in [0, 0.05) is 22.8 Å². The first-order chi connectivity index (χ1) is 9.04. The Balaban J connectivity index is 2.01. The van der Waals surface area contributed by atoms with Gasteiger partial charge in [-0.1, -0.05) is 17.7 Å². The van der Waals surface area contributed by atoms with Gasteiger partial charge in [-0.15, -0.1) is 0 Å². The van der Waals surface area contributed by atoms with E-state index in [1.807, 2.05) is 55.1 Å². The van der Waals surface area contributed by atoms with Crippen molar-refractivity contribution in [2.75, 3.05) is 5.32 Å². The molecule has 0 radical (unpaired) electrons. The first-order valence-electron chi connectivity index (χ1n) is 6.06. The number of hydrogen-bond acceptors (Lipinski definition) is 1. The van der Waals surface area contributed by atoms with Gasteiger partial charge in [-0.3, -0.25) is 4.79 Å². The normalized spacial score (nSPS) is 10.3. The number of hydrogen-bond donors (Lipinski definition) is 1. The Bertz CT molecular complexity index is 594. The van der Waals surface area contributed by atoms with Gasteiger partial charge in [-0.05, 0) is 37.1 Å². The number of halogens is 1. The van der Waals surface area contributed by atoms with Gasteiger partial charge in [0.25, 0.3) is 5.91 Å². The number of aryl methyl sites for hydroxylation is 2. The molecule has 3 nitrogen and oxygen atoms in total. The summed E-state index contributed by atoms with van der Waals surface area (Å²) in [5.41, 5.74) is 2.88. The summed E-state index contributed by atoms with van der Waals surface area (Å²) < 4.78 is 1.83. The largest absolute Gasteiger partial charge is 0.321 e. The Hall–Kier alpha value is -1.87. The Morgan fingerprint density at radius 1 is 1.21 bits per heavy atom. The van der Waals surface area contributed by atoms with Crippen LogP contribution < -0.4 is 9.88 Å². The van der Waals surface area contributed by atoms with Crippen molar-refractivity contribution >= 4 is 23.2 Å². The van der Waals surface area contributed by atoms with E-state index in [0.29, 0.717) is 10.7 Å². The lowest BCUT2D eigenvalue weighted by Crippen LogP contribution is -2.39. The van der Waals surface area contributed by atoms with Crippen LogP contribution in [-0.4, -0.2) is 5.91 Å². The van der Waals surface area contributed by atoms with Crippen LogP contribution in [0.2, 0.25) is 5.02 Å². The lowest BCUT2D eigenvalue weighted by molar-refractivity contribution is -0.684. The Morgan fingerprint density at radius 3 is 2.53 bits per heavy atom. The standard InChI is InChI=1S/C15H15ClN2O/c1-11-5-7-18(8-6-11)10-15(19)17-13-4-3-12(2)14(16)9-13/h3-9H,10H2,1-2H3/p+1. The highest BCUT2D eigenvalue weighted by atomic mass is 35.5. The molecule has 1 aromatic carbocycles. The van der Waals surface area contributed by atoms with E-state index in [-0.39, 0.29) is 12.5 Å². The van der Waals surface area contributed by atoms with Crippen LogP contribution >= 0.6 is 11.6 Å². The minimum atomic E-state index is -0.0752. The lowest BCUT2D eigenvalue weighted by atomic mass is 10.2. The molecule has 0 unspecified atom stereocenters. The number of pyridine rings is 1. The molecule has 0 saturated heterocycles. The summed E-state index contributed by atoms with van der Waals surface area (Å²) in [5, 5.41) is 3.48. The second kappa shape index (κ2) is 5.85. The van der Waals surface area contributed by atoms with Crippen LogP contribution in [0.15, 0.2) is 42.7 Å². The molecule has 0 aliphatic carbocycles. The number of rotatable bonds is 3. The highest BCUT2D eigenvalue weighted by molar-refractivity contribution is 6.31. The van der Waals surface area contributed by atoms with E-state index in [4.69, 9.17) is 11.6 Å². The quantitative estimate of drug-likeness (QED) is 0.859. The van der Waals surface area contributed by atoms with Gasteiger partial charge in [-0.25, -0.2) is 0 Å². The third kappa shape index (κ3) is 3.80. The van der Waals surface area contributed by atoms with Crippen molar-refractivity contribution in [2.45, 2.75) is 20.4 Å². The Labute approximate surface area is 117 Å². The molecule has 0 aliphatic rings. The fourth-order valence-electron chi connectivity index (χ4n) is 1.67. The number of nitrogens with zero attached hydrogens (tertiary/aromatic N) is 1. The molecule has 1 aromatic heterocycles. The second-order valence-corrected chi connectivity index (χ2v) is 4.97. The summed E-state index contributed by atoms with van der Waals surface area (Å²) in [5.74, 6) is -0.0752. The molecule has 2 aromatic rings. The number of nitrogens with one attached hydrogen (secondary N) is 1. The van der Waals surface area contributed by atoms with Crippen molar-refractivity contribution in [3.8, 4) is 0 Å². The molecule has 4 heteroatoms. The molecule has 1 amide bonds. The molecule has 0 bridgehead atoms. The van der Waals surface area contributed by atoms with E-state index in [9.17, 15) is 4.79 Å². The monoisotopic (exact) mass is 275 g/mol. The molecule has 0 fully saturated rings. The zero-order valence-electron chi connectivity index (χ0n) is 11.0. The van der Waals surface area contributed by atoms with Gasteiger partial charge >= 0.3 is 0 Å². The van der Waals surface area contributed by atoms with Crippen LogP contribution in [0.25, 0.3) is 0 Å². The van der Waals surface area contributed by atoms with E-state index in [1.165, 1.54) is 5.56 Å². The van der Waals surface area contributed by atoms with E-state index in [0.717, 1.165) is 5.56 Å². The van der Waals surface area contributed by atoms with Crippen LogP contribution in [0.5, 0.6) is 0 Å². The van der Waals surface area contributed by atoms with Gasteiger partial charge in [0.2, 0.25) is 6.54 Å². The summed E-state index contributed by atoms with van der Waals surface area (Å²) in [6.07, 6.45) is 3.77. The van der Waals surface area contributed by atoms with E-state index in [1.54, 1.807) is 6.07 Å². The topological polar surface area (TPSA) is 33.0 Å². The first kappa shape index (κ1) is 13.6. The number of carbonyl (C=O) groups is 1. The molecule has 0 spiro atoms. The second-order valence-electron chi connectivity index (χ2n) is 4.56. The van der Waals surface area contributed by atoms with Crippen LogP contribution in [0.3, 0.4) is 0 Å². The summed E-state index contributed by atoms with van der Waals surface area (Å²) in [7, 11) is 0. The van der Waals surface area contributed by atoms with Crippen molar-refractivity contribution in [1.29, 1.82) is 0 Å². The molecule has 1 heterocycles. The number of carbonyl (C=O) groups excluding carboxylic acids is 1. The molecular formula is C15H16ClN2O+. The maximum absolute atomic E-state index is 11.9. The highest BCUT2D eigenvalue weighted by Crippen LogP contribution is 2.19. The lowest BCUT2D eigenvalue weighted by Gasteiger charge is -2.05. The zero-order valence-corrected chi connectivity index (χ0v) is 11.7. The molecule has 1 N–H and O–H groups in total. The third-order valence-corrected chi connectivity index (χ3v) is 3.25. The predicted molar refractivity (Wildman–Crippen MR) is 76.2 cm³/mol. The fraction of sp³-hybridized carbons (Fsp3) is 0.200. The van der Waals surface area contributed by atoms with Gasteiger partial charge in [0.15, 0.2) is 12.4 Å². The molecule has 0 aliphatic heterocycles. The molecule has 2 rings (SSSR count). The fourth-order valence-corrected chi connectivity index (χ4v) is 1.85. The van der Waals surface area contributed by atoms with Gasteiger partial charge in [-0.2, -0.15) is 4.57 Å². The zero-order chi connectivity index (χ0) is 13.8. The average molecular weight is 276 g/mol. The number of amides is 1. The van der Waals surface area contributed by atoms with Crippen molar-refractivity contribution < 1.29 is 9.36 Å². The maximum Gasteiger partial charge on any atom is 0.290 e. The minimum absolute atomic E-state index is 0.0752. The molecule has 0 atom stereocenters. The van der Waals surface area contributed by atoms with Gasteiger partial charge in [0.05, 0.1) is 0 Å². The van der Waals surface area contributed by atoms with Gasteiger partial charge in [0.1, 0.15) is 0 Å². The first-order valence-corrected chi connectivity index (χ1v) is 6.44. The smallest absolute Gasteiger partial charge is 0.290 e. The van der Waals surface area contributed by atoms with Crippen molar-refractivity contribution in [3.05, 3.63) is 58.9 Å². The number of aromatic nitrogens is 1. The third-order valence-electron chi connectivity index (χ3n) is 2.84. The average Bonchev–Trinajstić information content (AvgIpc) is 2.37. The molecule has 0 saturated carbocycles. The summed E-state index contributed by atoms with van der Waals surface area (Å²) in [4.78, 5) is 11.9. The SMILES string of the molecule is Cc1cc[n+](CC(=O)Nc2ccc(C)c(Cl)c2)cc1. The predicted octanol–water partition coefficient (Wildman–Crippen LogP) is 2.88. The van der Waals surface area contributed by atoms with Gasteiger partial charge < -0.3 is 5.32 Å². The van der Waals surface area contributed by atoms with Crippen molar-refractivity contribution in [2.24, 2.45) is 0 Å². The summed E-state index contributed by atoms with van der Waals surface area (Å²) >= 11 is 6.02. The van der Waals surface area contributed by atoms with E-state index < -0.39 is 0 Å². The number of anilines is 1. The van der Waals surface area contributed by atoms with Crippen molar-refractivity contribution in [1.82, 2.24) is 0 Å². The van der Waals surface area contributed by atoms with Crippen LogP contribution in [-0.2, 0) is 11.3 Å². The van der Waals surface area contributed by atoms with Crippen molar-refractivity contribution in [3.63, 3.8) is 0 Å². The molecule has 19 heavy (non-hydrogen) atoms. The van der Waals surface area contributed by atoms with Crippen LogP contribution in [0, 0.1) is 13.8 Å². The maximum atomic E-state index is 11.9. The van der Waals surface area contributed by atoms with E-state index in [2.05, 4.69) is 5.32 Å².